The van der Waals surface area contributed by atoms with Gasteiger partial charge in [-0.15, -0.1) is 0 Å². The fraction of sp³-hybridized carbons (Fsp3) is 0.375. The minimum Gasteiger partial charge on any atom is -0.299 e. The van der Waals surface area contributed by atoms with E-state index in [1.54, 1.807) is 12.1 Å². The maximum atomic E-state index is 12.6. The molecule has 6 heteroatoms. The Labute approximate surface area is 180 Å². The van der Waals surface area contributed by atoms with Crippen molar-refractivity contribution >= 4 is 21.4 Å². The molecule has 5 nitrogen and oxygen atoms in total. The maximum Gasteiger partial charge on any atom is 0.243 e. The predicted octanol–water partition coefficient (Wildman–Crippen LogP) is 4.08. The monoisotopic (exact) mass is 426 g/mol. The summed E-state index contributed by atoms with van der Waals surface area (Å²) in [5.74, 6) is 0.0413. The minimum absolute atomic E-state index is 0.0413. The number of carbonyl (C=O) groups excluding carboxylic acids is 1. The summed E-state index contributed by atoms with van der Waals surface area (Å²) in [6.45, 7) is 6.98. The normalized spacial score (nSPS) is 15.2. The number of hydrogen-bond donors (Lipinski definition) is 0. The second kappa shape index (κ2) is 10.2. The van der Waals surface area contributed by atoms with Crippen LogP contribution >= 0.6 is 0 Å². The van der Waals surface area contributed by atoms with Crippen molar-refractivity contribution in [1.82, 2.24) is 9.21 Å². The topological polar surface area (TPSA) is 57.7 Å². The Morgan fingerprint density at radius 1 is 1.00 bits per heavy atom. The first-order valence-corrected chi connectivity index (χ1v) is 12.0. The smallest absolute Gasteiger partial charge is 0.243 e. The number of ketones is 1. The first kappa shape index (κ1) is 22.4. The molecule has 1 aliphatic rings. The van der Waals surface area contributed by atoms with Crippen molar-refractivity contribution in [2.75, 3.05) is 32.7 Å². The zero-order valence-corrected chi connectivity index (χ0v) is 18.6. The Morgan fingerprint density at radius 3 is 2.23 bits per heavy atom. The highest BCUT2D eigenvalue weighted by Gasteiger charge is 2.22. The van der Waals surface area contributed by atoms with Gasteiger partial charge in [-0.05, 0) is 29.7 Å². The summed E-state index contributed by atoms with van der Waals surface area (Å²) >= 11 is 0. The lowest BCUT2D eigenvalue weighted by Crippen LogP contribution is -2.31. The first-order valence-electron chi connectivity index (χ1n) is 10.6. The van der Waals surface area contributed by atoms with E-state index in [9.17, 15) is 13.2 Å². The van der Waals surface area contributed by atoms with E-state index in [1.165, 1.54) is 27.6 Å². The molecule has 0 aromatic heterocycles. The van der Waals surface area contributed by atoms with Gasteiger partial charge in [0.2, 0.25) is 10.0 Å². The molecule has 0 bridgehead atoms. The fourth-order valence-electron chi connectivity index (χ4n) is 3.76. The second-order valence-electron chi connectivity index (χ2n) is 7.43. The van der Waals surface area contributed by atoms with Crippen LogP contribution in [0.2, 0.25) is 0 Å². The molecular weight excluding hydrogens is 396 g/mol. The van der Waals surface area contributed by atoms with Crippen molar-refractivity contribution in [3.63, 3.8) is 0 Å². The van der Waals surface area contributed by atoms with Crippen LogP contribution in [-0.2, 0) is 10.0 Å². The Hall–Kier alpha value is -2.28. The molecule has 1 heterocycles. The van der Waals surface area contributed by atoms with Gasteiger partial charge in [0, 0.05) is 44.7 Å². The maximum absolute atomic E-state index is 12.6. The zero-order valence-electron chi connectivity index (χ0n) is 17.8. The summed E-state index contributed by atoms with van der Waals surface area (Å²) in [6.07, 6.45) is 3.66. The Kier molecular flexibility index (Phi) is 7.58. The van der Waals surface area contributed by atoms with Crippen molar-refractivity contribution in [3.05, 3.63) is 71.8 Å². The summed E-state index contributed by atoms with van der Waals surface area (Å²) in [5, 5.41) is 0. The predicted molar refractivity (Wildman–Crippen MR) is 121 cm³/mol. The average molecular weight is 427 g/mol. The molecule has 2 aromatic rings. The van der Waals surface area contributed by atoms with Gasteiger partial charge >= 0.3 is 0 Å². The van der Waals surface area contributed by atoms with Gasteiger partial charge in [0.05, 0.1) is 4.90 Å². The summed E-state index contributed by atoms with van der Waals surface area (Å²) in [6, 6.07) is 16.7. The molecule has 2 aromatic carbocycles. The van der Waals surface area contributed by atoms with Crippen LogP contribution < -0.4 is 0 Å². The second-order valence-corrected chi connectivity index (χ2v) is 9.37. The highest BCUT2D eigenvalue weighted by atomic mass is 32.2. The van der Waals surface area contributed by atoms with Gasteiger partial charge in [-0.3, -0.25) is 9.69 Å². The summed E-state index contributed by atoms with van der Waals surface area (Å²) in [5.41, 5.74) is 3.20. The highest BCUT2D eigenvalue weighted by molar-refractivity contribution is 7.89. The van der Waals surface area contributed by atoms with Gasteiger partial charge in [0.15, 0.2) is 5.78 Å². The van der Waals surface area contributed by atoms with Gasteiger partial charge in [-0.2, -0.15) is 4.31 Å². The van der Waals surface area contributed by atoms with Crippen LogP contribution in [0, 0.1) is 0 Å². The Morgan fingerprint density at radius 2 is 1.67 bits per heavy atom. The van der Waals surface area contributed by atoms with Crippen LogP contribution in [0.3, 0.4) is 0 Å². The molecule has 0 N–H and O–H groups in total. The average Bonchev–Trinajstić information content (AvgIpc) is 2.79. The van der Waals surface area contributed by atoms with Crippen LogP contribution in [0.15, 0.2) is 65.6 Å². The summed E-state index contributed by atoms with van der Waals surface area (Å²) < 4.78 is 26.5. The Balaban J connectivity index is 1.55. The van der Waals surface area contributed by atoms with Crippen molar-refractivity contribution < 1.29 is 13.2 Å². The molecule has 0 fully saturated rings. The van der Waals surface area contributed by atoms with Gasteiger partial charge in [0.1, 0.15) is 0 Å². The SMILES string of the molecule is CCN(CC)S(=O)(=O)c1ccc(C(=O)CCN2CC=C(c3ccccc3)CC2)cc1. The van der Waals surface area contributed by atoms with E-state index in [-0.39, 0.29) is 10.7 Å². The van der Waals surface area contributed by atoms with Crippen molar-refractivity contribution in [2.45, 2.75) is 31.6 Å². The molecule has 0 saturated carbocycles. The van der Waals surface area contributed by atoms with Crippen LogP contribution in [-0.4, -0.2) is 56.1 Å². The van der Waals surface area contributed by atoms with Gasteiger partial charge in [0.25, 0.3) is 0 Å². The number of carbonyl (C=O) groups is 1. The molecule has 3 rings (SSSR count). The van der Waals surface area contributed by atoms with Crippen LogP contribution in [0.5, 0.6) is 0 Å². The molecule has 0 unspecified atom stereocenters. The van der Waals surface area contributed by atoms with Crippen LogP contribution in [0.25, 0.3) is 5.57 Å². The van der Waals surface area contributed by atoms with Crippen LogP contribution in [0.4, 0.5) is 0 Å². The largest absolute Gasteiger partial charge is 0.299 e. The van der Waals surface area contributed by atoms with Crippen LogP contribution in [0.1, 0.15) is 42.6 Å². The van der Waals surface area contributed by atoms with Gasteiger partial charge in [-0.1, -0.05) is 62.4 Å². The van der Waals surface area contributed by atoms with E-state index < -0.39 is 10.0 Å². The van der Waals surface area contributed by atoms with E-state index in [4.69, 9.17) is 0 Å². The van der Waals surface area contributed by atoms with Crippen molar-refractivity contribution in [3.8, 4) is 0 Å². The fourth-order valence-corrected chi connectivity index (χ4v) is 5.22. The number of hydrogen-bond acceptors (Lipinski definition) is 4. The summed E-state index contributed by atoms with van der Waals surface area (Å²) in [4.78, 5) is 15.1. The molecule has 1 aliphatic heterocycles. The lowest BCUT2D eigenvalue weighted by atomic mass is 9.99. The first-order chi connectivity index (χ1) is 14.5. The van der Waals surface area contributed by atoms with Gasteiger partial charge in [-0.25, -0.2) is 8.42 Å². The summed E-state index contributed by atoms with van der Waals surface area (Å²) in [7, 11) is -3.49. The number of Topliss-reactive ketones (excluding diaryl/α,β-unsaturated/α-hetero) is 1. The lowest BCUT2D eigenvalue weighted by molar-refractivity contribution is 0.0966. The third-order valence-electron chi connectivity index (χ3n) is 5.61. The van der Waals surface area contributed by atoms with E-state index in [0.29, 0.717) is 31.6 Å². The molecule has 0 atom stereocenters. The van der Waals surface area contributed by atoms with E-state index >= 15 is 0 Å². The number of benzene rings is 2. The molecule has 0 radical (unpaired) electrons. The number of sulfonamides is 1. The highest BCUT2D eigenvalue weighted by Crippen LogP contribution is 2.22. The van der Waals surface area contributed by atoms with Crippen molar-refractivity contribution in [2.24, 2.45) is 0 Å². The van der Waals surface area contributed by atoms with E-state index in [1.807, 2.05) is 19.9 Å². The van der Waals surface area contributed by atoms with E-state index in [2.05, 4.69) is 35.2 Å². The molecule has 0 amide bonds. The van der Waals surface area contributed by atoms with Crippen molar-refractivity contribution in [1.29, 1.82) is 0 Å². The standard InChI is InChI=1S/C24H30N2O3S/c1-3-26(4-2)30(28,29)23-12-10-22(11-13-23)24(27)16-19-25-17-14-21(15-18-25)20-8-6-5-7-9-20/h5-14H,3-4,15-19H2,1-2H3. The lowest BCUT2D eigenvalue weighted by Gasteiger charge is -2.26. The third-order valence-corrected chi connectivity index (χ3v) is 7.68. The Bertz CT molecular complexity index is 979. The molecule has 0 spiro atoms. The molecule has 0 aliphatic carbocycles. The minimum atomic E-state index is -3.49. The zero-order chi connectivity index (χ0) is 21.6. The molecular formula is C24H30N2O3S. The van der Waals surface area contributed by atoms with Gasteiger partial charge < -0.3 is 0 Å². The quantitative estimate of drug-likeness (QED) is 0.567. The number of nitrogens with zero attached hydrogens (tertiary/aromatic N) is 2. The molecule has 160 valence electrons. The number of rotatable bonds is 9. The van der Waals surface area contributed by atoms with E-state index in [0.717, 1.165) is 19.5 Å². The third kappa shape index (κ3) is 5.25. The molecule has 0 saturated heterocycles. The molecule has 30 heavy (non-hydrogen) atoms.